The van der Waals surface area contributed by atoms with Crippen molar-refractivity contribution in [3.8, 4) is 6.07 Å². The van der Waals surface area contributed by atoms with Gasteiger partial charge in [0.05, 0.1) is 17.4 Å². The van der Waals surface area contributed by atoms with E-state index in [9.17, 15) is 19.6 Å². The fourth-order valence-corrected chi connectivity index (χ4v) is 7.50. The van der Waals surface area contributed by atoms with Crippen molar-refractivity contribution in [1.29, 1.82) is 5.26 Å². The maximum Gasteiger partial charge on any atom is 0.310 e. The van der Waals surface area contributed by atoms with Gasteiger partial charge in [-0.2, -0.15) is 5.26 Å². The van der Waals surface area contributed by atoms with E-state index in [0.29, 0.717) is 59.0 Å². The first kappa shape index (κ1) is 36.8. The van der Waals surface area contributed by atoms with Gasteiger partial charge in [0, 0.05) is 31.7 Å². The molecule has 0 aliphatic carbocycles. The van der Waals surface area contributed by atoms with Crippen LogP contribution < -0.4 is 10.5 Å². The van der Waals surface area contributed by atoms with Crippen LogP contribution in [0.25, 0.3) is 6.08 Å². The second kappa shape index (κ2) is 19.1. The van der Waals surface area contributed by atoms with Crippen molar-refractivity contribution < 1.29 is 14.3 Å². The highest BCUT2D eigenvalue weighted by Gasteiger charge is 2.34. The number of piperidine rings is 1. The van der Waals surface area contributed by atoms with Crippen LogP contribution in [0, 0.1) is 24.2 Å². The number of esters is 1. The van der Waals surface area contributed by atoms with Crippen LogP contribution in [0.1, 0.15) is 127 Å². The van der Waals surface area contributed by atoms with E-state index in [-0.39, 0.29) is 28.9 Å². The van der Waals surface area contributed by atoms with E-state index in [4.69, 9.17) is 17.0 Å². The van der Waals surface area contributed by atoms with Crippen LogP contribution >= 0.6 is 24.0 Å². The number of carbonyl (C=O) groups is 2. The molecule has 0 spiro atoms. The highest BCUT2D eigenvalue weighted by molar-refractivity contribution is 8.26. The molecule has 8 nitrogen and oxygen atoms in total. The van der Waals surface area contributed by atoms with Crippen molar-refractivity contribution in [3.63, 3.8) is 0 Å². The predicted octanol–water partition coefficient (Wildman–Crippen LogP) is 7.73. The second-order valence-electron chi connectivity index (χ2n) is 12.2. The molecule has 0 aromatic carbocycles. The highest BCUT2D eigenvalue weighted by atomic mass is 32.2. The first-order valence-corrected chi connectivity index (χ1v) is 18.4. The van der Waals surface area contributed by atoms with E-state index in [0.717, 1.165) is 38.5 Å². The number of pyridine rings is 1. The number of anilines is 1. The zero-order valence-corrected chi connectivity index (χ0v) is 29.5. The summed E-state index contributed by atoms with van der Waals surface area (Å²) in [7, 11) is 0. The zero-order valence-electron chi connectivity index (χ0n) is 27.8. The number of nitriles is 1. The lowest BCUT2D eigenvalue weighted by atomic mass is 9.96. The average Bonchev–Trinajstić information content (AvgIpc) is 3.30. The standard InChI is InChI=1S/C35H52N4O4S2/c1-5-8-10-11-12-13-14-15-16-17-22-39-33(41)30(45-35(39)44)23-28-26(4)29(24-36)32(40)38(21-9-6-2)31(28)37-20-18-19-27(25-37)34(42)43-7-3/h23,27H,5-22,25H2,1-4H3/b30-23-. The minimum Gasteiger partial charge on any atom is -0.466 e. The third-order valence-electron chi connectivity index (χ3n) is 8.81. The number of nitrogens with zero attached hydrogens (tertiary/aromatic N) is 4. The number of hydrogen-bond acceptors (Lipinski definition) is 8. The van der Waals surface area contributed by atoms with Crippen LogP contribution in [0.5, 0.6) is 0 Å². The Kier molecular flexibility index (Phi) is 15.6. The van der Waals surface area contributed by atoms with Crippen LogP contribution in [0.3, 0.4) is 0 Å². The first-order valence-electron chi connectivity index (χ1n) is 17.1. The molecule has 0 saturated carbocycles. The Labute approximate surface area is 279 Å². The number of hydrogen-bond donors (Lipinski definition) is 0. The molecular weight excluding hydrogens is 605 g/mol. The van der Waals surface area contributed by atoms with Gasteiger partial charge >= 0.3 is 5.97 Å². The van der Waals surface area contributed by atoms with Crippen molar-refractivity contribution in [1.82, 2.24) is 9.47 Å². The summed E-state index contributed by atoms with van der Waals surface area (Å²) < 4.78 is 7.56. The van der Waals surface area contributed by atoms with E-state index in [1.807, 2.05) is 6.08 Å². The second-order valence-corrected chi connectivity index (χ2v) is 13.9. The van der Waals surface area contributed by atoms with Gasteiger partial charge in [-0.05, 0) is 51.2 Å². The van der Waals surface area contributed by atoms with E-state index in [1.54, 1.807) is 23.3 Å². The van der Waals surface area contributed by atoms with Crippen molar-refractivity contribution >= 4 is 52.1 Å². The molecule has 0 N–H and O–H groups in total. The topological polar surface area (TPSA) is 95.6 Å². The molecule has 248 valence electrons. The van der Waals surface area contributed by atoms with Gasteiger partial charge in [0.1, 0.15) is 21.8 Å². The van der Waals surface area contributed by atoms with E-state index < -0.39 is 0 Å². The van der Waals surface area contributed by atoms with Gasteiger partial charge < -0.3 is 9.64 Å². The molecule has 2 aliphatic rings. The summed E-state index contributed by atoms with van der Waals surface area (Å²) in [6, 6.07) is 2.13. The van der Waals surface area contributed by atoms with Gasteiger partial charge in [0.25, 0.3) is 11.5 Å². The minimum absolute atomic E-state index is 0.0842. The van der Waals surface area contributed by atoms with Crippen molar-refractivity contribution in [3.05, 3.63) is 31.9 Å². The third-order valence-corrected chi connectivity index (χ3v) is 10.2. The maximum atomic E-state index is 13.6. The fraction of sp³-hybridized carbons (Fsp3) is 0.686. The Balaban J connectivity index is 1.84. The van der Waals surface area contributed by atoms with Crippen molar-refractivity contribution in [2.24, 2.45) is 5.92 Å². The van der Waals surface area contributed by atoms with Crippen LogP contribution in [0.2, 0.25) is 0 Å². The van der Waals surface area contributed by atoms with Crippen LogP contribution in [0.15, 0.2) is 9.70 Å². The smallest absolute Gasteiger partial charge is 0.310 e. The Morgan fingerprint density at radius 2 is 1.64 bits per heavy atom. The Hall–Kier alpha value is -2.64. The van der Waals surface area contributed by atoms with Gasteiger partial charge in [-0.1, -0.05) is 102 Å². The van der Waals surface area contributed by atoms with Crippen LogP contribution in [0.4, 0.5) is 5.82 Å². The molecular formula is C35H52N4O4S2. The summed E-state index contributed by atoms with van der Waals surface area (Å²) >= 11 is 6.93. The van der Waals surface area contributed by atoms with E-state index >= 15 is 0 Å². The summed E-state index contributed by atoms with van der Waals surface area (Å²) in [5, 5.41) is 10.0. The number of rotatable bonds is 18. The molecule has 0 bridgehead atoms. The van der Waals surface area contributed by atoms with E-state index in [1.165, 1.54) is 63.1 Å². The molecule has 0 radical (unpaired) electrons. The number of amides is 1. The molecule has 1 unspecified atom stereocenters. The molecule has 3 rings (SSSR count). The average molecular weight is 657 g/mol. The van der Waals surface area contributed by atoms with Gasteiger partial charge in [-0.25, -0.2) is 0 Å². The van der Waals surface area contributed by atoms with E-state index in [2.05, 4.69) is 24.8 Å². The lowest BCUT2D eigenvalue weighted by Crippen LogP contribution is -2.43. The quantitative estimate of drug-likeness (QED) is 0.0686. The zero-order chi connectivity index (χ0) is 32.8. The third kappa shape index (κ3) is 9.92. The number of ether oxygens (including phenoxy) is 1. The van der Waals surface area contributed by atoms with Crippen molar-refractivity contribution in [2.45, 2.75) is 124 Å². The van der Waals surface area contributed by atoms with Gasteiger partial charge in [0.15, 0.2) is 0 Å². The lowest BCUT2D eigenvalue weighted by molar-refractivity contribution is -0.148. The highest BCUT2D eigenvalue weighted by Crippen LogP contribution is 2.37. The number of carbonyl (C=O) groups excluding carboxylic acids is 2. The molecule has 1 aromatic heterocycles. The molecule has 45 heavy (non-hydrogen) atoms. The SMILES string of the molecule is CCCCCCCCCCCCN1C(=O)/C(=C/c2c(C)c(C#N)c(=O)n(CCCC)c2N2CCCC(C(=O)OCC)C2)SC1=S. The molecule has 1 atom stereocenters. The Morgan fingerprint density at radius 3 is 2.27 bits per heavy atom. The molecule has 3 heterocycles. The number of unbranched alkanes of at least 4 members (excludes halogenated alkanes) is 10. The first-order chi connectivity index (χ1) is 21.8. The fourth-order valence-electron chi connectivity index (χ4n) is 6.21. The number of aromatic nitrogens is 1. The van der Waals surface area contributed by atoms with Gasteiger partial charge in [-0.3, -0.25) is 23.9 Å². The monoisotopic (exact) mass is 656 g/mol. The summed E-state index contributed by atoms with van der Waals surface area (Å²) in [6.45, 7) is 10.3. The summed E-state index contributed by atoms with van der Waals surface area (Å²) in [6.07, 6.45) is 17.2. The predicted molar refractivity (Wildman–Crippen MR) is 188 cm³/mol. The lowest BCUT2D eigenvalue weighted by Gasteiger charge is -2.36. The summed E-state index contributed by atoms with van der Waals surface area (Å²) in [5.74, 6) is -0.000966. The Bertz CT molecular complexity index is 1320. The van der Waals surface area contributed by atoms with Crippen molar-refractivity contribution in [2.75, 3.05) is 31.1 Å². The Morgan fingerprint density at radius 1 is 1.00 bits per heavy atom. The molecule has 10 heteroatoms. The largest absolute Gasteiger partial charge is 0.466 e. The van der Waals surface area contributed by atoms with Gasteiger partial charge in [0.2, 0.25) is 0 Å². The molecule has 2 fully saturated rings. The maximum absolute atomic E-state index is 13.6. The molecule has 2 saturated heterocycles. The molecule has 2 aliphatic heterocycles. The van der Waals surface area contributed by atoms with Gasteiger partial charge in [-0.15, -0.1) is 0 Å². The molecule has 1 amide bonds. The normalized spacial score (nSPS) is 17.8. The van der Waals surface area contributed by atoms with Crippen LogP contribution in [-0.4, -0.2) is 51.9 Å². The molecule has 1 aromatic rings. The number of thiocarbonyl (C=S) groups is 1. The minimum atomic E-state index is -0.331. The number of thioether (sulfide) groups is 1. The van der Waals surface area contributed by atoms with Crippen LogP contribution in [-0.2, 0) is 20.9 Å². The summed E-state index contributed by atoms with van der Waals surface area (Å²) in [5.41, 5.74) is 0.970. The summed E-state index contributed by atoms with van der Waals surface area (Å²) in [4.78, 5) is 44.3.